The zero-order valence-corrected chi connectivity index (χ0v) is 13.9. The van der Waals surface area contributed by atoms with Crippen molar-refractivity contribution in [3.63, 3.8) is 0 Å². The molecule has 0 unspecified atom stereocenters. The van der Waals surface area contributed by atoms with Crippen molar-refractivity contribution in [2.45, 2.75) is 40.5 Å². The Bertz CT molecular complexity index is 376. The van der Waals surface area contributed by atoms with E-state index in [1.807, 2.05) is 0 Å². The Hall–Kier alpha value is -2.37. The Labute approximate surface area is 132 Å². The van der Waals surface area contributed by atoms with Crippen LogP contribution in [-0.2, 0) is 19.1 Å². The molecule has 0 rings (SSSR count). The first-order valence-electron chi connectivity index (χ1n) is 6.64. The van der Waals surface area contributed by atoms with Gasteiger partial charge in [0.1, 0.15) is 0 Å². The number of rotatable bonds is 6. The number of primary amides is 1. The highest BCUT2D eigenvalue weighted by Gasteiger charge is 2.00. The predicted octanol–water partition coefficient (Wildman–Crippen LogP) is 2.60. The number of unbranched alkanes of at least 4 members (excludes halogenated alkanes) is 1. The summed E-state index contributed by atoms with van der Waals surface area (Å²) in [6.07, 6.45) is 1.97. The standard InChI is InChI=1S/C8H14O2.C4H7NO.C4H6O2/c1-4-5-6-10-8(9)7(2)3;2*1-3(2)4(5)6/h2,4-6H2,1,3H3;1H2,2H3,(H2,5,6);1H2,2H3,(H,5,6). The van der Waals surface area contributed by atoms with E-state index in [0.717, 1.165) is 12.8 Å². The van der Waals surface area contributed by atoms with Crippen molar-refractivity contribution in [2.75, 3.05) is 6.61 Å². The van der Waals surface area contributed by atoms with E-state index in [1.54, 1.807) is 13.8 Å². The number of aliphatic carboxylic acids is 1. The fourth-order valence-corrected chi connectivity index (χ4v) is 0.432. The maximum atomic E-state index is 10.7. The minimum Gasteiger partial charge on any atom is -0.478 e. The van der Waals surface area contributed by atoms with Gasteiger partial charge in [-0.15, -0.1) is 0 Å². The zero-order valence-electron chi connectivity index (χ0n) is 13.9. The number of nitrogens with two attached hydrogens (primary N) is 1. The fraction of sp³-hybridized carbons (Fsp3) is 0.438. The molecule has 0 bridgehead atoms. The largest absolute Gasteiger partial charge is 0.478 e. The summed E-state index contributed by atoms with van der Waals surface area (Å²) in [4.78, 5) is 30.1. The normalized spacial score (nSPS) is 8.18. The van der Waals surface area contributed by atoms with E-state index in [2.05, 4.69) is 26.7 Å². The molecular formula is C16H27NO5. The summed E-state index contributed by atoms with van der Waals surface area (Å²) in [5.41, 5.74) is 5.74. The van der Waals surface area contributed by atoms with Crippen LogP contribution >= 0.6 is 0 Å². The number of carbonyl (C=O) groups is 3. The SMILES string of the molecule is C=C(C)C(=O)O.C=C(C)C(=O)OCCCC.C=C(C)C(N)=O. The molecule has 0 atom stereocenters. The van der Waals surface area contributed by atoms with Gasteiger partial charge in [-0.1, -0.05) is 33.1 Å². The molecule has 0 heterocycles. The third-order valence-electron chi connectivity index (χ3n) is 1.87. The van der Waals surface area contributed by atoms with Gasteiger partial charge in [-0.2, -0.15) is 0 Å². The Morgan fingerprint density at radius 3 is 1.55 bits per heavy atom. The molecule has 0 saturated heterocycles. The van der Waals surface area contributed by atoms with Gasteiger partial charge in [-0.05, 0) is 27.2 Å². The zero-order chi connectivity index (χ0) is 18.3. The second kappa shape index (κ2) is 15.0. The Morgan fingerprint density at radius 1 is 1.00 bits per heavy atom. The highest BCUT2D eigenvalue weighted by Crippen LogP contribution is 1.94. The molecular weight excluding hydrogens is 286 g/mol. The van der Waals surface area contributed by atoms with E-state index in [4.69, 9.17) is 15.6 Å². The Balaban J connectivity index is -0.000000261. The first-order valence-corrected chi connectivity index (χ1v) is 6.64. The van der Waals surface area contributed by atoms with Crippen LogP contribution < -0.4 is 5.73 Å². The first kappa shape index (κ1) is 24.6. The average molecular weight is 313 g/mol. The Morgan fingerprint density at radius 2 is 1.36 bits per heavy atom. The number of esters is 1. The minimum absolute atomic E-state index is 0.176. The van der Waals surface area contributed by atoms with E-state index in [-0.39, 0.29) is 11.5 Å². The number of hydrogen-bond donors (Lipinski definition) is 2. The van der Waals surface area contributed by atoms with Gasteiger partial charge >= 0.3 is 11.9 Å². The lowest BCUT2D eigenvalue weighted by Gasteiger charge is -2.01. The number of ether oxygens (including phenoxy) is 1. The third kappa shape index (κ3) is 22.8. The number of carboxylic acid groups (broad SMARTS) is 1. The second-order valence-electron chi connectivity index (χ2n) is 4.50. The lowest BCUT2D eigenvalue weighted by Crippen LogP contribution is -2.10. The van der Waals surface area contributed by atoms with Crippen LogP contribution in [0.4, 0.5) is 0 Å². The van der Waals surface area contributed by atoms with Gasteiger partial charge in [0.25, 0.3) is 0 Å². The molecule has 0 saturated carbocycles. The molecule has 0 aliphatic heterocycles. The van der Waals surface area contributed by atoms with Gasteiger partial charge < -0.3 is 15.6 Å². The Kier molecular flexibility index (Phi) is 16.8. The molecule has 0 aliphatic rings. The van der Waals surface area contributed by atoms with Gasteiger partial charge in [-0.25, -0.2) is 9.59 Å². The summed E-state index contributed by atoms with van der Waals surface area (Å²) < 4.78 is 4.81. The maximum absolute atomic E-state index is 10.7. The van der Waals surface area contributed by atoms with Crippen LogP contribution in [0, 0.1) is 0 Å². The van der Waals surface area contributed by atoms with E-state index >= 15 is 0 Å². The molecule has 6 heteroatoms. The van der Waals surface area contributed by atoms with Crippen LogP contribution in [0.3, 0.4) is 0 Å². The quantitative estimate of drug-likeness (QED) is 0.445. The van der Waals surface area contributed by atoms with E-state index in [0.29, 0.717) is 17.8 Å². The highest BCUT2D eigenvalue weighted by molar-refractivity contribution is 5.90. The number of carbonyl (C=O) groups excluding carboxylic acids is 2. The summed E-state index contributed by atoms with van der Waals surface area (Å²) in [5, 5.41) is 7.89. The molecule has 1 amide bonds. The van der Waals surface area contributed by atoms with Crippen molar-refractivity contribution >= 4 is 17.8 Å². The van der Waals surface area contributed by atoms with Crippen molar-refractivity contribution in [2.24, 2.45) is 5.73 Å². The van der Waals surface area contributed by atoms with Gasteiger partial charge in [-0.3, -0.25) is 4.79 Å². The van der Waals surface area contributed by atoms with Crippen molar-refractivity contribution < 1.29 is 24.2 Å². The number of carboxylic acids is 1. The first-order chi connectivity index (χ1) is 9.97. The summed E-state index contributed by atoms with van der Waals surface area (Å²) in [6.45, 7) is 17.1. The van der Waals surface area contributed by atoms with Gasteiger partial charge in [0.2, 0.25) is 5.91 Å². The van der Waals surface area contributed by atoms with Crippen molar-refractivity contribution in [3.8, 4) is 0 Å². The molecule has 0 aromatic rings. The molecule has 0 radical (unpaired) electrons. The number of amides is 1. The second-order valence-corrected chi connectivity index (χ2v) is 4.50. The van der Waals surface area contributed by atoms with E-state index in [1.165, 1.54) is 6.92 Å². The summed E-state index contributed by atoms with van der Waals surface area (Å²) in [5.74, 6) is -1.65. The summed E-state index contributed by atoms with van der Waals surface area (Å²) in [6, 6.07) is 0. The van der Waals surface area contributed by atoms with Crippen molar-refractivity contribution in [1.29, 1.82) is 0 Å². The van der Waals surface area contributed by atoms with Gasteiger partial charge in [0, 0.05) is 16.7 Å². The molecule has 22 heavy (non-hydrogen) atoms. The van der Waals surface area contributed by atoms with Gasteiger partial charge in [0.15, 0.2) is 0 Å². The molecule has 0 aromatic heterocycles. The molecule has 3 N–H and O–H groups in total. The van der Waals surface area contributed by atoms with Gasteiger partial charge in [0.05, 0.1) is 6.61 Å². The lowest BCUT2D eigenvalue weighted by molar-refractivity contribution is -0.139. The van der Waals surface area contributed by atoms with Crippen LogP contribution in [0.5, 0.6) is 0 Å². The topological polar surface area (TPSA) is 107 Å². The third-order valence-corrected chi connectivity index (χ3v) is 1.87. The fourth-order valence-electron chi connectivity index (χ4n) is 0.432. The van der Waals surface area contributed by atoms with Crippen LogP contribution in [0.2, 0.25) is 0 Å². The average Bonchev–Trinajstić information content (AvgIpc) is 2.39. The van der Waals surface area contributed by atoms with Crippen LogP contribution in [0.25, 0.3) is 0 Å². The highest BCUT2D eigenvalue weighted by atomic mass is 16.5. The van der Waals surface area contributed by atoms with Crippen molar-refractivity contribution in [1.82, 2.24) is 0 Å². The van der Waals surface area contributed by atoms with Crippen molar-refractivity contribution in [3.05, 3.63) is 36.5 Å². The molecule has 0 spiro atoms. The van der Waals surface area contributed by atoms with Crippen LogP contribution in [-0.4, -0.2) is 29.6 Å². The van der Waals surface area contributed by atoms with Crippen LogP contribution in [0.1, 0.15) is 40.5 Å². The van der Waals surface area contributed by atoms with E-state index in [9.17, 15) is 14.4 Å². The summed E-state index contributed by atoms with van der Waals surface area (Å²) in [7, 11) is 0. The van der Waals surface area contributed by atoms with Crippen LogP contribution in [0.15, 0.2) is 36.5 Å². The smallest absolute Gasteiger partial charge is 0.333 e. The molecule has 6 nitrogen and oxygen atoms in total. The predicted molar refractivity (Wildman–Crippen MR) is 87.1 cm³/mol. The summed E-state index contributed by atoms with van der Waals surface area (Å²) >= 11 is 0. The minimum atomic E-state index is -0.935. The number of hydrogen-bond acceptors (Lipinski definition) is 4. The van der Waals surface area contributed by atoms with E-state index < -0.39 is 11.9 Å². The lowest BCUT2D eigenvalue weighted by atomic mass is 10.3. The molecule has 0 fully saturated rings. The monoisotopic (exact) mass is 313 g/mol. The maximum Gasteiger partial charge on any atom is 0.333 e. The molecule has 126 valence electrons. The molecule has 0 aliphatic carbocycles. The molecule has 0 aromatic carbocycles.